The number of methoxy groups -OCH3 is 1. The Morgan fingerprint density at radius 2 is 2.19 bits per heavy atom. The van der Waals surface area contributed by atoms with E-state index in [1.54, 1.807) is 0 Å². The number of rotatable bonds is 3. The Hall–Kier alpha value is -1.36. The fraction of sp³-hybridized carbons (Fsp3) is 0.455. The number of halogens is 2. The first-order valence-electron chi connectivity index (χ1n) is 5.21. The molecule has 0 aromatic heterocycles. The molecule has 0 amide bonds. The Kier molecular flexibility index (Phi) is 3.24. The van der Waals surface area contributed by atoms with Crippen LogP contribution in [-0.4, -0.2) is 26.2 Å². The van der Waals surface area contributed by atoms with Crippen molar-refractivity contribution < 1.29 is 13.5 Å². The Bertz CT molecular complexity index is 378. The molecule has 1 aliphatic rings. The van der Waals surface area contributed by atoms with Crippen molar-refractivity contribution in [3.63, 3.8) is 0 Å². The molecule has 1 aromatic carbocycles. The minimum atomic E-state index is -0.558. The van der Waals surface area contributed by atoms with Crippen LogP contribution in [0.25, 0.3) is 0 Å². The van der Waals surface area contributed by atoms with Gasteiger partial charge in [-0.25, -0.2) is 8.78 Å². The van der Waals surface area contributed by atoms with Crippen molar-refractivity contribution in [2.75, 3.05) is 25.5 Å². The van der Waals surface area contributed by atoms with Crippen LogP contribution in [0.4, 0.5) is 14.5 Å². The van der Waals surface area contributed by atoms with Crippen molar-refractivity contribution in [2.24, 2.45) is 0 Å². The van der Waals surface area contributed by atoms with Gasteiger partial charge in [0.25, 0.3) is 0 Å². The van der Waals surface area contributed by atoms with E-state index >= 15 is 0 Å². The third-order valence-corrected chi connectivity index (χ3v) is 2.66. The second-order valence-corrected chi connectivity index (χ2v) is 3.80. The third-order valence-electron chi connectivity index (χ3n) is 2.66. The topological polar surface area (TPSA) is 33.3 Å². The molecule has 1 atom stereocenters. The molecule has 0 bridgehead atoms. The predicted octanol–water partition coefficient (Wildman–Crippen LogP) is 1.75. The first-order valence-corrected chi connectivity index (χ1v) is 5.21. The number of anilines is 1. The summed E-state index contributed by atoms with van der Waals surface area (Å²) in [4.78, 5) is 0. The van der Waals surface area contributed by atoms with Gasteiger partial charge in [-0.1, -0.05) is 0 Å². The van der Waals surface area contributed by atoms with Gasteiger partial charge in [0.2, 0.25) is 0 Å². The summed E-state index contributed by atoms with van der Waals surface area (Å²) in [5.41, 5.74) is 0.187. The van der Waals surface area contributed by atoms with Gasteiger partial charge in [-0.05, 0) is 13.0 Å². The van der Waals surface area contributed by atoms with E-state index < -0.39 is 11.6 Å². The highest BCUT2D eigenvalue weighted by molar-refractivity contribution is 5.49. The van der Waals surface area contributed by atoms with Crippen molar-refractivity contribution in [2.45, 2.75) is 12.5 Å². The first kappa shape index (κ1) is 11.1. The molecule has 1 aromatic rings. The molecule has 88 valence electrons. The largest absolute Gasteiger partial charge is 0.494 e. The van der Waals surface area contributed by atoms with Crippen molar-refractivity contribution in [3.8, 4) is 5.75 Å². The second kappa shape index (κ2) is 4.65. The quantitative estimate of drug-likeness (QED) is 0.826. The van der Waals surface area contributed by atoms with Gasteiger partial charge in [0.15, 0.2) is 11.6 Å². The van der Waals surface area contributed by atoms with E-state index in [4.69, 9.17) is 4.74 Å². The summed E-state index contributed by atoms with van der Waals surface area (Å²) in [7, 11) is 1.31. The van der Waals surface area contributed by atoms with Crippen LogP contribution in [0.5, 0.6) is 5.75 Å². The lowest BCUT2D eigenvalue weighted by molar-refractivity contribution is 0.383. The lowest BCUT2D eigenvalue weighted by Gasteiger charge is -2.14. The first-order chi connectivity index (χ1) is 7.70. The minimum Gasteiger partial charge on any atom is -0.494 e. The van der Waals surface area contributed by atoms with Crippen LogP contribution in [0.1, 0.15) is 6.42 Å². The molecule has 1 heterocycles. The number of hydrogen-bond donors (Lipinski definition) is 2. The van der Waals surface area contributed by atoms with Crippen LogP contribution in [0.15, 0.2) is 12.1 Å². The van der Waals surface area contributed by atoms with Gasteiger partial charge >= 0.3 is 0 Å². The highest BCUT2D eigenvalue weighted by atomic mass is 19.1. The minimum absolute atomic E-state index is 0.0763. The SMILES string of the molecule is COc1cc(F)c(NC2CCNC2)cc1F. The molecule has 0 spiro atoms. The number of nitrogens with one attached hydrogen (secondary N) is 2. The zero-order valence-corrected chi connectivity index (χ0v) is 9.02. The maximum absolute atomic E-state index is 13.5. The van der Waals surface area contributed by atoms with Gasteiger partial charge in [0.05, 0.1) is 12.8 Å². The summed E-state index contributed by atoms with van der Waals surface area (Å²) in [6.45, 7) is 1.67. The molecule has 2 N–H and O–H groups in total. The van der Waals surface area contributed by atoms with Gasteiger partial charge in [0, 0.05) is 24.7 Å². The molecule has 0 aliphatic carbocycles. The number of hydrogen-bond acceptors (Lipinski definition) is 3. The molecule has 1 unspecified atom stereocenters. The summed E-state index contributed by atoms with van der Waals surface area (Å²) in [6, 6.07) is 2.34. The molecule has 3 nitrogen and oxygen atoms in total. The molecule has 1 saturated heterocycles. The van der Waals surface area contributed by atoms with Crippen molar-refractivity contribution in [1.82, 2.24) is 5.32 Å². The van der Waals surface area contributed by atoms with Gasteiger partial charge in [-0.3, -0.25) is 0 Å². The smallest absolute Gasteiger partial charge is 0.167 e. The van der Waals surface area contributed by atoms with Crippen LogP contribution >= 0.6 is 0 Å². The summed E-state index contributed by atoms with van der Waals surface area (Å²) in [5, 5.41) is 6.11. The van der Waals surface area contributed by atoms with E-state index in [0.29, 0.717) is 0 Å². The normalized spacial score (nSPS) is 19.8. The monoisotopic (exact) mass is 228 g/mol. The van der Waals surface area contributed by atoms with E-state index in [2.05, 4.69) is 10.6 Å². The van der Waals surface area contributed by atoms with E-state index in [0.717, 1.165) is 31.6 Å². The van der Waals surface area contributed by atoms with E-state index in [9.17, 15) is 8.78 Å². The summed E-state index contributed by atoms with van der Waals surface area (Å²) in [6.07, 6.45) is 0.910. The zero-order valence-electron chi connectivity index (χ0n) is 9.02. The van der Waals surface area contributed by atoms with Crippen molar-refractivity contribution in [3.05, 3.63) is 23.8 Å². The lowest BCUT2D eigenvalue weighted by atomic mass is 10.2. The molecule has 2 rings (SSSR count). The highest BCUT2D eigenvalue weighted by Crippen LogP contribution is 2.25. The molecule has 16 heavy (non-hydrogen) atoms. The Balaban J connectivity index is 2.17. The highest BCUT2D eigenvalue weighted by Gasteiger charge is 2.17. The molecule has 0 radical (unpaired) electrons. The van der Waals surface area contributed by atoms with Crippen LogP contribution in [0.2, 0.25) is 0 Å². The predicted molar refractivity (Wildman–Crippen MR) is 57.8 cm³/mol. The standard InChI is InChI=1S/C11H14F2N2O/c1-16-11-5-8(12)10(4-9(11)13)15-7-2-3-14-6-7/h4-5,7,14-15H,2-3,6H2,1H3. The number of ether oxygens (including phenoxy) is 1. The van der Waals surface area contributed by atoms with E-state index in [-0.39, 0.29) is 17.5 Å². The van der Waals surface area contributed by atoms with E-state index in [1.165, 1.54) is 7.11 Å². The Morgan fingerprint density at radius 1 is 1.38 bits per heavy atom. The van der Waals surface area contributed by atoms with Crippen molar-refractivity contribution >= 4 is 5.69 Å². The Morgan fingerprint density at radius 3 is 2.81 bits per heavy atom. The summed E-state index contributed by atoms with van der Waals surface area (Å²) in [5.74, 6) is -1.13. The van der Waals surface area contributed by atoms with Gasteiger partial charge in [0.1, 0.15) is 5.82 Å². The fourth-order valence-electron chi connectivity index (χ4n) is 1.79. The molecule has 1 fully saturated rings. The van der Waals surface area contributed by atoms with Gasteiger partial charge in [-0.15, -0.1) is 0 Å². The molecule has 0 saturated carbocycles. The Labute approximate surface area is 92.8 Å². The molecular weight excluding hydrogens is 214 g/mol. The fourth-order valence-corrected chi connectivity index (χ4v) is 1.79. The summed E-state index contributed by atoms with van der Waals surface area (Å²) >= 11 is 0. The van der Waals surface area contributed by atoms with Gasteiger partial charge < -0.3 is 15.4 Å². The lowest BCUT2D eigenvalue weighted by Crippen LogP contribution is -2.22. The maximum Gasteiger partial charge on any atom is 0.167 e. The van der Waals surface area contributed by atoms with Crippen LogP contribution in [0, 0.1) is 11.6 Å². The second-order valence-electron chi connectivity index (χ2n) is 3.80. The molecule has 1 aliphatic heterocycles. The molecular formula is C11H14F2N2O. The average molecular weight is 228 g/mol. The third kappa shape index (κ3) is 2.24. The average Bonchev–Trinajstić information content (AvgIpc) is 2.75. The molecule has 5 heteroatoms. The maximum atomic E-state index is 13.5. The number of benzene rings is 1. The zero-order chi connectivity index (χ0) is 11.5. The van der Waals surface area contributed by atoms with Crippen LogP contribution in [-0.2, 0) is 0 Å². The summed E-state index contributed by atoms with van der Waals surface area (Å²) < 4.78 is 31.6. The van der Waals surface area contributed by atoms with Gasteiger partial charge in [-0.2, -0.15) is 0 Å². The van der Waals surface area contributed by atoms with Crippen molar-refractivity contribution in [1.29, 1.82) is 0 Å². The van der Waals surface area contributed by atoms with Crippen LogP contribution < -0.4 is 15.4 Å². The van der Waals surface area contributed by atoms with Crippen LogP contribution in [0.3, 0.4) is 0 Å². The van der Waals surface area contributed by atoms with E-state index in [1.807, 2.05) is 0 Å².